The summed E-state index contributed by atoms with van der Waals surface area (Å²) in [6.07, 6.45) is -1.56. The van der Waals surface area contributed by atoms with Crippen molar-refractivity contribution >= 4 is 0 Å². The van der Waals surface area contributed by atoms with Crippen molar-refractivity contribution in [2.24, 2.45) is 0 Å². The van der Waals surface area contributed by atoms with Gasteiger partial charge in [-0.25, -0.2) is 0 Å². The monoisotopic (exact) mass is 135 g/mol. The molecule has 9 heavy (non-hydrogen) atoms. The van der Waals surface area contributed by atoms with E-state index in [0.29, 0.717) is 0 Å². The fourth-order valence-corrected chi connectivity index (χ4v) is 0.617. The predicted octanol–water partition coefficient (Wildman–Crippen LogP) is -0.474. The lowest BCUT2D eigenvalue weighted by molar-refractivity contribution is -0.277. The van der Waals surface area contributed by atoms with Gasteiger partial charge < -0.3 is 10.2 Å². The zero-order valence-corrected chi connectivity index (χ0v) is 5.90. The van der Waals surface area contributed by atoms with Crippen molar-refractivity contribution in [3.63, 3.8) is 0 Å². The third kappa shape index (κ3) is 2.76. The molecule has 0 aromatic carbocycles. The van der Waals surface area contributed by atoms with Crippen LogP contribution in [0.15, 0.2) is 0 Å². The molecule has 0 aliphatic carbocycles. The molecular weight excluding hydrogens is 122 g/mol. The van der Waals surface area contributed by atoms with Crippen LogP contribution >= 0.6 is 0 Å². The Bertz CT molecular complexity index is 66.6. The first-order valence-corrected chi connectivity index (χ1v) is 2.78. The Morgan fingerprint density at radius 3 is 1.56 bits per heavy atom. The summed E-state index contributed by atoms with van der Waals surface area (Å²) in [4.78, 5) is 4.61. The molecular formula is C5H13NO3. The molecule has 0 rings (SSSR count). The Morgan fingerprint density at radius 1 is 1.22 bits per heavy atom. The highest BCUT2D eigenvalue weighted by Gasteiger charge is 2.14. The minimum atomic E-state index is -0.782. The van der Waals surface area contributed by atoms with E-state index in [1.165, 1.54) is 21.0 Å². The van der Waals surface area contributed by atoms with Gasteiger partial charge >= 0.3 is 0 Å². The van der Waals surface area contributed by atoms with E-state index in [4.69, 9.17) is 10.2 Å². The van der Waals surface area contributed by atoms with Crippen LogP contribution in [0.2, 0.25) is 0 Å². The molecule has 56 valence electrons. The van der Waals surface area contributed by atoms with E-state index in [1.807, 2.05) is 0 Å². The van der Waals surface area contributed by atoms with Crippen molar-refractivity contribution in [1.82, 2.24) is 5.06 Å². The van der Waals surface area contributed by atoms with Crippen molar-refractivity contribution in [2.45, 2.75) is 26.3 Å². The maximum atomic E-state index is 8.82. The number of aliphatic hydroxyl groups is 2. The van der Waals surface area contributed by atoms with Crippen molar-refractivity contribution in [3.8, 4) is 0 Å². The summed E-state index contributed by atoms with van der Waals surface area (Å²) in [5.41, 5.74) is 0. The lowest BCUT2D eigenvalue weighted by atomic mass is 10.5. The summed E-state index contributed by atoms with van der Waals surface area (Å²) in [6.45, 7) is 3.02. The van der Waals surface area contributed by atoms with Crippen LogP contribution < -0.4 is 0 Å². The molecule has 0 saturated heterocycles. The molecule has 2 N–H and O–H groups in total. The topological polar surface area (TPSA) is 52.9 Å². The third-order valence-corrected chi connectivity index (χ3v) is 0.947. The molecule has 2 atom stereocenters. The van der Waals surface area contributed by atoms with E-state index in [9.17, 15) is 0 Å². The largest absolute Gasteiger partial charge is 0.376 e. The van der Waals surface area contributed by atoms with Crippen LogP contribution in [0.4, 0.5) is 0 Å². The molecule has 0 radical (unpaired) electrons. The summed E-state index contributed by atoms with van der Waals surface area (Å²) < 4.78 is 0. The van der Waals surface area contributed by atoms with Gasteiger partial charge in [0.05, 0.1) is 7.11 Å². The minimum Gasteiger partial charge on any atom is -0.376 e. The van der Waals surface area contributed by atoms with E-state index >= 15 is 0 Å². The maximum Gasteiger partial charge on any atom is 0.130 e. The van der Waals surface area contributed by atoms with Crippen molar-refractivity contribution in [1.29, 1.82) is 0 Å². The molecule has 4 heteroatoms. The summed E-state index contributed by atoms with van der Waals surface area (Å²) in [7, 11) is 1.39. The number of hydroxylamine groups is 2. The number of aliphatic hydroxyl groups excluding tert-OH is 2. The maximum absolute atomic E-state index is 8.82. The molecule has 0 aromatic heterocycles. The minimum absolute atomic E-state index is 0.782. The SMILES string of the molecule is CON(C(C)O)C(C)O. The molecule has 0 saturated carbocycles. The molecule has 0 amide bonds. The van der Waals surface area contributed by atoms with Crippen molar-refractivity contribution in [3.05, 3.63) is 0 Å². The van der Waals surface area contributed by atoms with Crippen LogP contribution in [-0.4, -0.2) is 34.8 Å². The van der Waals surface area contributed by atoms with Gasteiger partial charge in [-0.3, -0.25) is 4.84 Å². The molecule has 0 aliphatic rings. The molecule has 0 spiro atoms. The highest BCUT2D eigenvalue weighted by molar-refractivity contribution is 4.43. The van der Waals surface area contributed by atoms with E-state index in [0.717, 1.165) is 5.06 Å². The normalized spacial score (nSPS) is 18.0. The molecule has 0 aromatic rings. The van der Waals surface area contributed by atoms with E-state index in [1.54, 1.807) is 0 Å². The molecule has 0 aliphatic heterocycles. The summed E-state index contributed by atoms with van der Waals surface area (Å²) >= 11 is 0. The third-order valence-electron chi connectivity index (χ3n) is 0.947. The average molecular weight is 135 g/mol. The Labute approximate surface area is 54.6 Å². The van der Waals surface area contributed by atoms with Gasteiger partial charge in [0, 0.05) is 0 Å². The van der Waals surface area contributed by atoms with Gasteiger partial charge in [-0.1, -0.05) is 0 Å². The second-order valence-corrected chi connectivity index (χ2v) is 1.81. The van der Waals surface area contributed by atoms with Crippen molar-refractivity contribution in [2.75, 3.05) is 7.11 Å². The zero-order valence-electron chi connectivity index (χ0n) is 5.90. The van der Waals surface area contributed by atoms with Crippen LogP contribution in [0, 0.1) is 0 Å². The van der Waals surface area contributed by atoms with E-state index in [2.05, 4.69) is 4.84 Å². The summed E-state index contributed by atoms with van der Waals surface area (Å²) in [6, 6.07) is 0. The highest BCUT2D eigenvalue weighted by Crippen LogP contribution is 1.98. The number of nitrogens with zero attached hydrogens (tertiary/aromatic N) is 1. The number of rotatable bonds is 3. The molecule has 4 nitrogen and oxygen atoms in total. The fourth-order valence-electron chi connectivity index (χ4n) is 0.617. The van der Waals surface area contributed by atoms with Gasteiger partial charge in [0.1, 0.15) is 12.5 Å². The Hall–Kier alpha value is -0.160. The summed E-state index contributed by atoms with van der Waals surface area (Å²) in [5, 5.41) is 18.7. The standard InChI is InChI=1S/C5H13NO3/c1-4(7)6(9-3)5(2)8/h4-5,7-8H,1-3H3. The van der Waals surface area contributed by atoms with E-state index < -0.39 is 12.5 Å². The van der Waals surface area contributed by atoms with Gasteiger partial charge in [0.2, 0.25) is 0 Å². The smallest absolute Gasteiger partial charge is 0.130 e. The quantitative estimate of drug-likeness (QED) is 0.405. The van der Waals surface area contributed by atoms with Crippen molar-refractivity contribution < 1.29 is 15.1 Å². The lowest BCUT2D eigenvalue weighted by Crippen LogP contribution is -2.38. The van der Waals surface area contributed by atoms with Crippen LogP contribution in [0.5, 0.6) is 0 Å². The fraction of sp³-hybridized carbons (Fsp3) is 1.00. The lowest BCUT2D eigenvalue weighted by Gasteiger charge is -2.24. The number of hydrogen-bond acceptors (Lipinski definition) is 4. The zero-order chi connectivity index (χ0) is 7.44. The Balaban J connectivity index is 3.68. The second kappa shape index (κ2) is 3.79. The average Bonchev–Trinajstić information content (AvgIpc) is 1.64. The Kier molecular flexibility index (Phi) is 3.72. The first-order valence-electron chi connectivity index (χ1n) is 2.78. The number of hydrogen-bond donors (Lipinski definition) is 2. The van der Waals surface area contributed by atoms with Gasteiger partial charge in [0.25, 0.3) is 0 Å². The van der Waals surface area contributed by atoms with Gasteiger partial charge in [-0.2, -0.15) is 0 Å². The Morgan fingerprint density at radius 2 is 1.56 bits per heavy atom. The molecule has 0 bridgehead atoms. The highest BCUT2D eigenvalue weighted by atomic mass is 16.7. The van der Waals surface area contributed by atoms with Crippen LogP contribution in [0.25, 0.3) is 0 Å². The predicted molar refractivity (Wildman–Crippen MR) is 32.2 cm³/mol. The van der Waals surface area contributed by atoms with E-state index in [-0.39, 0.29) is 0 Å². The molecule has 0 heterocycles. The molecule has 2 unspecified atom stereocenters. The van der Waals surface area contributed by atoms with Crippen LogP contribution in [0.3, 0.4) is 0 Å². The first-order chi connectivity index (χ1) is 4.09. The van der Waals surface area contributed by atoms with Gasteiger partial charge in [-0.05, 0) is 13.8 Å². The van der Waals surface area contributed by atoms with Crippen LogP contribution in [-0.2, 0) is 4.84 Å². The first kappa shape index (κ1) is 8.84. The summed E-state index contributed by atoms with van der Waals surface area (Å²) in [5.74, 6) is 0. The van der Waals surface area contributed by atoms with Gasteiger partial charge in [-0.15, -0.1) is 5.06 Å². The molecule has 0 fully saturated rings. The van der Waals surface area contributed by atoms with Crippen LogP contribution in [0.1, 0.15) is 13.8 Å². The van der Waals surface area contributed by atoms with Gasteiger partial charge in [0.15, 0.2) is 0 Å². The second-order valence-electron chi connectivity index (χ2n) is 1.81.